The minimum Gasteiger partial charge on any atom is -0.376 e. The number of nitrogens with one attached hydrogen (secondary N) is 1. The zero-order chi connectivity index (χ0) is 16.9. The monoisotopic (exact) mass is 345 g/mol. The van der Waals surface area contributed by atoms with Gasteiger partial charge in [-0.2, -0.15) is 0 Å². The van der Waals surface area contributed by atoms with Crippen molar-refractivity contribution in [1.82, 2.24) is 9.88 Å². The van der Waals surface area contributed by atoms with Gasteiger partial charge in [0.15, 0.2) is 0 Å². The molecule has 1 N–H and O–H groups in total. The fourth-order valence-corrected chi connectivity index (χ4v) is 3.55. The van der Waals surface area contributed by atoms with Gasteiger partial charge in [-0.05, 0) is 26.0 Å². The lowest BCUT2D eigenvalue weighted by Gasteiger charge is -2.36. The van der Waals surface area contributed by atoms with Crippen LogP contribution in [0, 0.1) is 0 Å². The lowest BCUT2D eigenvalue weighted by Crippen LogP contribution is -2.46. The topological polar surface area (TPSA) is 54.5 Å². The molecule has 0 bridgehead atoms. The number of rotatable bonds is 5. The number of hydrogen-bond donors (Lipinski definition) is 1. The maximum absolute atomic E-state index is 12.1. The molecule has 1 saturated heterocycles. The fourth-order valence-electron chi connectivity index (χ4n) is 2.77. The van der Waals surface area contributed by atoms with Crippen LogP contribution in [-0.4, -0.2) is 41.1 Å². The summed E-state index contributed by atoms with van der Waals surface area (Å²) in [5.74, 6) is -0.0320. The van der Waals surface area contributed by atoms with Gasteiger partial charge in [0, 0.05) is 30.2 Å². The van der Waals surface area contributed by atoms with E-state index in [2.05, 4.69) is 34.4 Å². The molecule has 3 rings (SSSR count). The smallest absolute Gasteiger partial charge is 0.231 e. The first-order valence-electron chi connectivity index (χ1n) is 8.24. The average molecular weight is 345 g/mol. The van der Waals surface area contributed by atoms with Crippen molar-refractivity contribution in [2.24, 2.45) is 0 Å². The second-order valence-electron chi connectivity index (χ2n) is 6.25. The van der Waals surface area contributed by atoms with Crippen molar-refractivity contribution in [1.29, 1.82) is 0 Å². The Balaban J connectivity index is 1.54. The van der Waals surface area contributed by atoms with Gasteiger partial charge in [0.2, 0.25) is 5.91 Å². The molecule has 6 heteroatoms. The minimum absolute atomic E-state index is 0.0320. The predicted molar refractivity (Wildman–Crippen MR) is 96.2 cm³/mol. The predicted octanol–water partition coefficient (Wildman–Crippen LogP) is 2.93. The number of thiazole rings is 1. The van der Waals surface area contributed by atoms with Crippen molar-refractivity contribution in [3.63, 3.8) is 0 Å². The summed E-state index contributed by atoms with van der Waals surface area (Å²) in [7, 11) is 0. The Morgan fingerprint density at radius 3 is 2.96 bits per heavy atom. The molecule has 2 heterocycles. The van der Waals surface area contributed by atoms with Crippen LogP contribution in [-0.2, 0) is 22.5 Å². The van der Waals surface area contributed by atoms with Crippen LogP contribution in [0.4, 0.5) is 5.69 Å². The van der Waals surface area contributed by atoms with E-state index in [4.69, 9.17) is 4.74 Å². The summed E-state index contributed by atoms with van der Waals surface area (Å²) < 4.78 is 5.66. The summed E-state index contributed by atoms with van der Waals surface area (Å²) >= 11 is 1.55. The van der Waals surface area contributed by atoms with E-state index in [9.17, 15) is 4.79 Å². The second-order valence-corrected chi connectivity index (χ2v) is 7.19. The Morgan fingerprint density at radius 2 is 2.17 bits per heavy atom. The third kappa shape index (κ3) is 4.63. The molecule has 2 atom stereocenters. The SMILES string of the molecule is C[C@@H]1CN(Cc2csc(CC(=O)Nc3ccccc3)n2)[C@H](C)CO1. The van der Waals surface area contributed by atoms with E-state index in [-0.39, 0.29) is 12.0 Å². The molecule has 0 aliphatic carbocycles. The minimum atomic E-state index is -0.0320. The molecule has 1 aromatic carbocycles. The number of anilines is 1. The summed E-state index contributed by atoms with van der Waals surface area (Å²) in [6.45, 7) is 6.76. The Bertz CT molecular complexity index is 674. The highest BCUT2D eigenvalue weighted by Gasteiger charge is 2.24. The number of ether oxygens (including phenoxy) is 1. The summed E-state index contributed by atoms with van der Waals surface area (Å²) in [5.41, 5.74) is 1.85. The van der Waals surface area contributed by atoms with Crippen molar-refractivity contribution >= 4 is 22.9 Å². The van der Waals surface area contributed by atoms with Crippen LogP contribution in [0.5, 0.6) is 0 Å². The number of nitrogens with zero attached hydrogens (tertiary/aromatic N) is 2. The van der Waals surface area contributed by atoms with Gasteiger partial charge in [0.05, 0.1) is 24.8 Å². The van der Waals surface area contributed by atoms with E-state index < -0.39 is 0 Å². The Kier molecular flexibility index (Phi) is 5.60. The summed E-state index contributed by atoms with van der Waals surface area (Å²) in [6, 6.07) is 9.89. The van der Waals surface area contributed by atoms with Crippen LogP contribution >= 0.6 is 11.3 Å². The third-order valence-electron chi connectivity index (χ3n) is 4.07. The van der Waals surface area contributed by atoms with E-state index in [0.717, 1.165) is 36.1 Å². The molecular formula is C18H23N3O2S. The Hall–Kier alpha value is -1.76. The number of carbonyl (C=O) groups is 1. The third-order valence-corrected chi connectivity index (χ3v) is 4.97. The summed E-state index contributed by atoms with van der Waals surface area (Å²) in [4.78, 5) is 19.1. The fraction of sp³-hybridized carbons (Fsp3) is 0.444. The molecule has 1 aliphatic heterocycles. The molecule has 0 saturated carbocycles. The molecule has 128 valence electrons. The van der Waals surface area contributed by atoms with E-state index in [1.165, 1.54) is 0 Å². The zero-order valence-corrected chi connectivity index (χ0v) is 14.9. The van der Waals surface area contributed by atoms with Gasteiger partial charge in [0.1, 0.15) is 5.01 Å². The number of aromatic nitrogens is 1. The first-order chi connectivity index (χ1) is 11.6. The summed E-state index contributed by atoms with van der Waals surface area (Å²) in [6.07, 6.45) is 0.574. The van der Waals surface area contributed by atoms with Crippen LogP contribution in [0.2, 0.25) is 0 Å². The first-order valence-corrected chi connectivity index (χ1v) is 9.12. The molecule has 1 aromatic heterocycles. The van der Waals surface area contributed by atoms with E-state index >= 15 is 0 Å². The molecule has 1 fully saturated rings. The number of amides is 1. The average Bonchev–Trinajstić information content (AvgIpc) is 2.99. The zero-order valence-electron chi connectivity index (χ0n) is 14.1. The van der Waals surface area contributed by atoms with Crippen LogP contribution in [0.25, 0.3) is 0 Å². The van der Waals surface area contributed by atoms with E-state index in [1.54, 1.807) is 11.3 Å². The molecule has 2 aromatic rings. The molecule has 1 aliphatic rings. The van der Waals surface area contributed by atoms with Gasteiger partial charge in [-0.25, -0.2) is 4.98 Å². The highest BCUT2D eigenvalue weighted by atomic mass is 32.1. The number of carbonyl (C=O) groups excluding carboxylic acids is 1. The normalized spacial score (nSPS) is 21.6. The van der Waals surface area contributed by atoms with Gasteiger partial charge in [-0.1, -0.05) is 18.2 Å². The van der Waals surface area contributed by atoms with Crippen molar-refractivity contribution in [3.05, 3.63) is 46.4 Å². The van der Waals surface area contributed by atoms with Gasteiger partial charge in [-0.15, -0.1) is 11.3 Å². The highest BCUT2D eigenvalue weighted by Crippen LogP contribution is 2.18. The van der Waals surface area contributed by atoms with Crippen molar-refractivity contribution < 1.29 is 9.53 Å². The van der Waals surface area contributed by atoms with Crippen LogP contribution in [0.3, 0.4) is 0 Å². The number of morpholine rings is 1. The molecule has 0 spiro atoms. The standard InChI is InChI=1S/C18H23N3O2S/c1-13-11-23-14(2)9-21(13)10-16-12-24-18(20-16)8-17(22)19-15-6-4-3-5-7-15/h3-7,12-14H,8-11H2,1-2H3,(H,19,22)/t13-,14-/m1/s1. The van der Waals surface area contributed by atoms with E-state index in [0.29, 0.717) is 12.5 Å². The van der Waals surface area contributed by atoms with Crippen LogP contribution < -0.4 is 5.32 Å². The van der Waals surface area contributed by atoms with Crippen LogP contribution in [0.15, 0.2) is 35.7 Å². The molecule has 0 unspecified atom stereocenters. The van der Waals surface area contributed by atoms with Crippen molar-refractivity contribution in [2.45, 2.75) is 39.0 Å². The van der Waals surface area contributed by atoms with Gasteiger partial charge < -0.3 is 10.1 Å². The summed E-state index contributed by atoms with van der Waals surface area (Å²) in [5, 5.41) is 5.80. The van der Waals surface area contributed by atoms with Gasteiger partial charge in [0.25, 0.3) is 0 Å². The highest BCUT2D eigenvalue weighted by molar-refractivity contribution is 7.09. The molecule has 24 heavy (non-hydrogen) atoms. The van der Waals surface area contributed by atoms with E-state index in [1.807, 2.05) is 30.3 Å². The van der Waals surface area contributed by atoms with Gasteiger partial charge >= 0.3 is 0 Å². The van der Waals surface area contributed by atoms with Crippen molar-refractivity contribution in [2.75, 3.05) is 18.5 Å². The Labute approximate surface area is 146 Å². The van der Waals surface area contributed by atoms with Gasteiger partial charge in [-0.3, -0.25) is 9.69 Å². The second kappa shape index (κ2) is 7.88. The molecule has 5 nitrogen and oxygen atoms in total. The quantitative estimate of drug-likeness (QED) is 0.905. The molecule has 1 amide bonds. The Morgan fingerprint density at radius 1 is 1.38 bits per heavy atom. The number of para-hydroxylation sites is 1. The molecular weight excluding hydrogens is 322 g/mol. The number of benzene rings is 1. The lowest BCUT2D eigenvalue weighted by atomic mass is 10.2. The lowest BCUT2D eigenvalue weighted by molar-refractivity contribution is -0.115. The number of hydrogen-bond acceptors (Lipinski definition) is 5. The molecule has 0 radical (unpaired) electrons. The maximum Gasteiger partial charge on any atom is 0.231 e. The maximum atomic E-state index is 12.1. The van der Waals surface area contributed by atoms with Crippen LogP contribution in [0.1, 0.15) is 24.5 Å². The first kappa shape index (κ1) is 17.1. The largest absolute Gasteiger partial charge is 0.376 e. The van der Waals surface area contributed by atoms with Crippen molar-refractivity contribution in [3.8, 4) is 0 Å².